The van der Waals surface area contributed by atoms with Crippen LogP contribution in [0.4, 0.5) is 5.82 Å². The van der Waals surface area contributed by atoms with Crippen molar-refractivity contribution in [1.82, 2.24) is 19.7 Å². The van der Waals surface area contributed by atoms with Gasteiger partial charge in [0.15, 0.2) is 5.82 Å². The van der Waals surface area contributed by atoms with Crippen molar-refractivity contribution < 1.29 is 0 Å². The molecule has 0 bridgehead atoms. The van der Waals surface area contributed by atoms with Gasteiger partial charge in [0, 0.05) is 19.3 Å². The fourth-order valence-corrected chi connectivity index (χ4v) is 2.89. The zero-order valence-electron chi connectivity index (χ0n) is 12.3. The molecule has 3 rings (SSSR count). The molecule has 0 saturated carbocycles. The minimum absolute atomic E-state index is 0.746. The minimum atomic E-state index is 0.746. The van der Waals surface area contributed by atoms with Gasteiger partial charge in [-0.3, -0.25) is 4.98 Å². The Bertz CT molecular complexity index is 732. The Morgan fingerprint density at radius 3 is 2.81 bits per heavy atom. The summed E-state index contributed by atoms with van der Waals surface area (Å²) in [6, 6.07) is 4.16. The molecule has 21 heavy (non-hydrogen) atoms. The SMILES string of the molecule is Cc1cc(C)n(-c2cncc(N(C)Cc3ccsc3)n2)n1. The molecule has 3 aromatic heterocycles. The molecule has 0 radical (unpaired) electrons. The van der Waals surface area contributed by atoms with Gasteiger partial charge >= 0.3 is 0 Å². The first-order valence-electron chi connectivity index (χ1n) is 6.71. The molecule has 3 aromatic rings. The molecule has 5 nitrogen and oxygen atoms in total. The van der Waals surface area contributed by atoms with Crippen LogP contribution in [0.5, 0.6) is 0 Å². The zero-order chi connectivity index (χ0) is 14.8. The summed E-state index contributed by atoms with van der Waals surface area (Å²) in [6.45, 7) is 4.81. The lowest BCUT2D eigenvalue weighted by Gasteiger charge is -2.17. The summed E-state index contributed by atoms with van der Waals surface area (Å²) in [6.07, 6.45) is 3.52. The van der Waals surface area contributed by atoms with Crippen LogP contribution in [0.25, 0.3) is 5.82 Å². The molecule has 0 spiro atoms. The van der Waals surface area contributed by atoms with Gasteiger partial charge in [-0.2, -0.15) is 16.4 Å². The van der Waals surface area contributed by atoms with Crippen molar-refractivity contribution in [2.45, 2.75) is 20.4 Å². The summed E-state index contributed by atoms with van der Waals surface area (Å²) in [5.74, 6) is 1.58. The smallest absolute Gasteiger partial charge is 0.174 e. The van der Waals surface area contributed by atoms with Gasteiger partial charge in [-0.15, -0.1) is 0 Å². The predicted octanol–water partition coefficient (Wildman–Crippen LogP) is 2.98. The molecular formula is C15H17N5S. The van der Waals surface area contributed by atoms with E-state index in [-0.39, 0.29) is 0 Å². The summed E-state index contributed by atoms with van der Waals surface area (Å²) in [5.41, 5.74) is 3.31. The average Bonchev–Trinajstić information content (AvgIpc) is 3.08. The van der Waals surface area contributed by atoms with E-state index in [4.69, 9.17) is 0 Å². The first kappa shape index (κ1) is 13.8. The number of aryl methyl sites for hydroxylation is 2. The topological polar surface area (TPSA) is 46.8 Å². The normalized spacial score (nSPS) is 10.8. The van der Waals surface area contributed by atoms with E-state index in [2.05, 4.69) is 36.8 Å². The van der Waals surface area contributed by atoms with Crippen molar-refractivity contribution in [2.24, 2.45) is 0 Å². The van der Waals surface area contributed by atoms with E-state index in [0.29, 0.717) is 0 Å². The number of hydrogen-bond donors (Lipinski definition) is 0. The van der Waals surface area contributed by atoms with Crippen LogP contribution < -0.4 is 4.90 Å². The lowest BCUT2D eigenvalue weighted by Crippen LogP contribution is -2.18. The van der Waals surface area contributed by atoms with Gasteiger partial charge in [0.2, 0.25) is 0 Å². The zero-order valence-corrected chi connectivity index (χ0v) is 13.1. The van der Waals surface area contributed by atoms with Gasteiger partial charge in [-0.1, -0.05) is 0 Å². The monoisotopic (exact) mass is 299 g/mol. The molecule has 108 valence electrons. The van der Waals surface area contributed by atoms with Gasteiger partial charge in [0.05, 0.1) is 18.1 Å². The van der Waals surface area contributed by atoms with Crippen LogP contribution in [-0.2, 0) is 6.54 Å². The summed E-state index contributed by atoms with van der Waals surface area (Å²) < 4.78 is 1.82. The predicted molar refractivity (Wildman–Crippen MR) is 85.1 cm³/mol. The molecule has 0 N–H and O–H groups in total. The molecule has 0 fully saturated rings. The van der Waals surface area contributed by atoms with Crippen LogP contribution in [0.3, 0.4) is 0 Å². The Labute approximate surface area is 127 Å². The highest BCUT2D eigenvalue weighted by Crippen LogP contribution is 2.16. The van der Waals surface area contributed by atoms with E-state index in [1.54, 1.807) is 23.7 Å². The van der Waals surface area contributed by atoms with Crippen LogP contribution in [0, 0.1) is 13.8 Å². The van der Waals surface area contributed by atoms with Gasteiger partial charge in [-0.05, 0) is 42.3 Å². The Kier molecular flexibility index (Phi) is 3.70. The van der Waals surface area contributed by atoms with Crippen molar-refractivity contribution in [3.05, 3.63) is 52.2 Å². The van der Waals surface area contributed by atoms with Gasteiger partial charge in [-0.25, -0.2) is 9.67 Å². The molecule has 0 aliphatic rings. The van der Waals surface area contributed by atoms with E-state index >= 15 is 0 Å². The average molecular weight is 299 g/mol. The number of nitrogens with zero attached hydrogens (tertiary/aromatic N) is 5. The summed E-state index contributed by atoms with van der Waals surface area (Å²) in [5, 5.41) is 8.69. The molecule has 0 aromatic carbocycles. The summed E-state index contributed by atoms with van der Waals surface area (Å²) in [4.78, 5) is 11.1. The van der Waals surface area contributed by atoms with Gasteiger partial charge in [0.1, 0.15) is 5.82 Å². The third-order valence-corrected chi connectivity index (χ3v) is 3.96. The second-order valence-electron chi connectivity index (χ2n) is 5.06. The van der Waals surface area contributed by atoms with Crippen LogP contribution in [-0.4, -0.2) is 26.8 Å². The largest absolute Gasteiger partial charge is 0.354 e. The minimum Gasteiger partial charge on any atom is -0.354 e. The highest BCUT2D eigenvalue weighted by molar-refractivity contribution is 7.07. The number of thiophene rings is 1. The molecule has 0 atom stereocenters. The van der Waals surface area contributed by atoms with Crippen LogP contribution in [0.15, 0.2) is 35.3 Å². The molecule has 0 aliphatic carbocycles. The lowest BCUT2D eigenvalue weighted by atomic mass is 10.3. The van der Waals surface area contributed by atoms with Crippen LogP contribution in [0.2, 0.25) is 0 Å². The molecule has 6 heteroatoms. The maximum atomic E-state index is 4.66. The van der Waals surface area contributed by atoms with Crippen molar-refractivity contribution in [2.75, 3.05) is 11.9 Å². The first-order valence-corrected chi connectivity index (χ1v) is 7.65. The van der Waals surface area contributed by atoms with E-state index in [1.165, 1.54) is 5.56 Å². The third kappa shape index (κ3) is 2.95. The Morgan fingerprint density at radius 2 is 2.14 bits per heavy atom. The number of aromatic nitrogens is 4. The number of anilines is 1. The second kappa shape index (κ2) is 5.65. The summed E-state index contributed by atoms with van der Waals surface area (Å²) >= 11 is 1.70. The fraction of sp³-hybridized carbons (Fsp3) is 0.267. The number of rotatable bonds is 4. The highest BCUT2D eigenvalue weighted by Gasteiger charge is 2.09. The van der Waals surface area contributed by atoms with Gasteiger partial charge < -0.3 is 4.90 Å². The highest BCUT2D eigenvalue weighted by atomic mass is 32.1. The first-order chi connectivity index (χ1) is 10.1. The van der Waals surface area contributed by atoms with Crippen molar-refractivity contribution in [3.63, 3.8) is 0 Å². The molecule has 0 saturated heterocycles. The quantitative estimate of drug-likeness (QED) is 0.743. The van der Waals surface area contributed by atoms with Crippen molar-refractivity contribution in [3.8, 4) is 5.82 Å². The lowest BCUT2D eigenvalue weighted by molar-refractivity contribution is 0.788. The van der Waals surface area contributed by atoms with E-state index < -0.39 is 0 Å². The van der Waals surface area contributed by atoms with Crippen LogP contribution in [0.1, 0.15) is 17.0 Å². The maximum Gasteiger partial charge on any atom is 0.174 e. The standard InChI is InChI=1S/C15H17N5S/c1-11-6-12(2)20(18-11)15-8-16-7-14(17-15)19(3)9-13-4-5-21-10-13/h4-8,10H,9H2,1-3H3. The maximum absolute atomic E-state index is 4.66. The van der Waals surface area contributed by atoms with Crippen molar-refractivity contribution >= 4 is 17.2 Å². The molecule has 0 aliphatic heterocycles. The summed E-state index contributed by atoms with van der Waals surface area (Å²) in [7, 11) is 2.02. The van der Waals surface area contributed by atoms with Gasteiger partial charge in [0.25, 0.3) is 0 Å². The Balaban J connectivity index is 1.87. The molecular weight excluding hydrogens is 282 g/mol. The number of hydrogen-bond acceptors (Lipinski definition) is 5. The Hall–Kier alpha value is -2.21. The Morgan fingerprint density at radius 1 is 1.29 bits per heavy atom. The third-order valence-electron chi connectivity index (χ3n) is 3.23. The van der Waals surface area contributed by atoms with E-state index in [1.807, 2.05) is 31.6 Å². The molecule has 3 heterocycles. The van der Waals surface area contributed by atoms with Crippen molar-refractivity contribution in [1.29, 1.82) is 0 Å². The molecule has 0 amide bonds. The molecule has 0 unspecified atom stereocenters. The van der Waals surface area contributed by atoms with E-state index in [0.717, 1.165) is 29.6 Å². The second-order valence-corrected chi connectivity index (χ2v) is 5.84. The fourth-order valence-electron chi connectivity index (χ4n) is 2.23. The van der Waals surface area contributed by atoms with E-state index in [9.17, 15) is 0 Å². The van der Waals surface area contributed by atoms with Crippen LogP contribution >= 0.6 is 11.3 Å².